The summed E-state index contributed by atoms with van der Waals surface area (Å²) in [7, 11) is -3.70. The van der Waals surface area contributed by atoms with Gasteiger partial charge in [-0.15, -0.1) is 0 Å². The van der Waals surface area contributed by atoms with Gasteiger partial charge >= 0.3 is 0 Å². The van der Waals surface area contributed by atoms with Crippen molar-refractivity contribution in [2.75, 3.05) is 42.5 Å². The first-order chi connectivity index (χ1) is 16.9. The first-order valence-electron chi connectivity index (χ1n) is 12.4. The van der Waals surface area contributed by atoms with Gasteiger partial charge in [-0.05, 0) is 49.4 Å². The minimum atomic E-state index is -3.70. The first kappa shape index (κ1) is 25.2. The number of fused-ring (bicyclic) bond motifs is 3. The highest BCUT2D eigenvalue weighted by atomic mass is 32.2. The number of benzene rings is 2. The molecule has 2 aromatic carbocycles. The topological polar surface area (TPSA) is 90.0 Å². The fraction of sp³-hybridized carbons (Fsp3) is 0.462. The summed E-state index contributed by atoms with van der Waals surface area (Å²) >= 11 is 0. The number of sulfonamides is 1. The van der Waals surface area contributed by atoms with Gasteiger partial charge in [0.05, 0.1) is 16.3 Å². The van der Waals surface area contributed by atoms with E-state index in [0.717, 1.165) is 37.1 Å². The van der Waals surface area contributed by atoms with E-state index in [1.165, 1.54) is 9.21 Å². The second-order valence-electron chi connectivity index (χ2n) is 8.95. The lowest BCUT2D eigenvalue weighted by Gasteiger charge is -2.45. The Labute approximate surface area is 207 Å². The van der Waals surface area contributed by atoms with Crippen LogP contribution in [0, 0.1) is 0 Å². The van der Waals surface area contributed by atoms with Gasteiger partial charge in [0.2, 0.25) is 21.8 Å². The Morgan fingerprint density at radius 3 is 2.51 bits per heavy atom. The van der Waals surface area contributed by atoms with Crippen LogP contribution in [-0.2, 0) is 26.0 Å². The normalized spacial score (nSPS) is 17.8. The number of anilines is 2. The van der Waals surface area contributed by atoms with Gasteiger partial charge in [0.15, 0.2) is 0 Å². The monoisotopic (exact) mass is 498 g/mol. The van der Waals surface area contributed by atoms with Crippen LogP contribution >= 0.6 is 0 Å². The van der Waals surface area contributed by atoms with E-state index < -0.39 is 10.0 Å². The zero-order chi connectivity index (χ0) is 25.0. The Hall–Kier alpha value is -2.91. The second-order valence-corrected chi connectivity index (χ2v) is 10.9. The molecule has 1 fully saturated rings. The largest absolute Gasteiger partial charge is 0.358 e. The van der Waals surface area contributed by atoms with E-state index in [-0.39, 0.29) is 29.3 Å². The summed E-state index contributed by atoms with van der Waals surface area (Å²) in [4.78, 5) is 30.0. The van der Waals surface area contributed by atoms with Crippen LogP contribution in [0.15, 0.2) is 53.4 Å². The van der Waals surface area contributed by atoms with Crippen molar-refractivity contribution < 1.29 is 18.0 Å². The third-order valence-corrected chi connectivity index (χ3v) is 8.87. The van der Waals surface area contributed by atoms with Crippen molar-refractivity contribution in [2.24, 2.45) is 0 Å². The number of carbonyl (C=O) groups excluding carboxylic acids is 2. The average Bonchev–Trinajstić information content (AvgIpc) is 2.87. The summed E-state index contributed by atoms with van der Waals surface area (Å²) in [6.07, 6.45) is 3.35. The fourth-order valence-electron chi connectivity index (χ4n) is 4.96. The Morgan fingerprint density at radius 2 is 1.80 bits per heavy atom. The first-order valence-corrected chi connectivity index (χ1v) is 13.8. The Kier molecular flexibility index (Phi) is 7.76. The standard InChI is InChI=1S/C26H34N4O4S/c1-3-28(4-2)35(33,34)21-13-14-22-24(18-21)30(26(32)23-12-8-9-17-29(22)23)19-25(31)27-16-15-20-10-6-5-7-11-20/h5-7,10-11,13-14,18,23H,3-4,8-9,12,15-17,19H2,1-2H3,(H,27,31). The van der Waals surface area contributed by atoms with Gasteiger partial charge in [-0.3, -0.25) is 14.5 Å². The van der Waals surface area contributed by atoms with Crippen molar-refractivity contribution >= 4 is 33.2 Å². The molecule has 8 nitrogen and oxygen atoms in total. The van der Waals surface area contributed by atoms with E-state index in [9.17, 15) is 18.0 Å². The third-order valence-electron chi connectivity index (χ3n) is 6.82. The molecular weight excluding hydrogens is 464 g/mol. The summed E-state index contributed by atoms with van der Waals surface area (Å²) in [6, 6.07) is 14.5. The van der Waals surface area contributed by atoms with Crippen LogP contribution in [0.3, 0.4) is 0 Å². The van der Waals surface area contributed by atoms with Gasteiger partial charge in [0.25, 0.3) is 0 Å². The van der Waals surface area contributed by atoms with Crippen LogP contribution in [0.5, 0.6) is 0 Å². The minimum Gasteiger partial charge on any atom is -0.358 e. The number of carbonyl (C=O) groups is 2. The lowest BCUT2D eigenvalue weighted by Crippen LogP contribution is -2.57. The molecule has 2 aromatic rings. The number of hydrogen-bond acceptors (Lipinski definition) is 5. The number of nitrogens with zero attached hydrogens (tertiary/aromatic N) is 3. The van der Waals surface area contributed by atoms with E-state index >= 15 is 0 Å². The number of hydrogen-bond donors (Lipinski definition) is 1. The van der Waals surface area contributed by atoms with Crippen molar-refractivity contribution in [3.63, 3.8) is 0 Å². The minimum absolute atomic E-state index is 0.137. The molecule has 0 radical (unpaired) electrons. The molecular formula is C26H34N4O4S. The molecule has 2 aliphatic heterocycles. The molecule has 188 valence electrons. The molecule has 9 heteroatoms. The second kappa shape index (κ2) is 10.8. The summed E-state index contributed by atoms with van der Waals surface area (Å²) in [5.74, 6) is -0.408. The summed E-state index contributed by atoms with van der Waals surface area (Å²) in [6.45, 7) is 5.38. The molecule has 1 saturated heterocycles. The quantitative estimate of drug-likeness (QED) is 0.574. The van der Waals surface area contributed by atoms with Gasteiger partial charge in [-0.2, -0.15) is 4.31 Å². The highest BCUT2D eigenvalue weighted by molar-refractivity contribution is 7.89. The van der Waals surface area contributed by atoms with Crippen LogP contribution in [0.2, 0.25) is 0 Å². The summed E-state index contributed by atoms with van der Waals surface area (Å²) in [5, 5.41) is 2.91. The highest BCUT2D eigenvalue weighted by Gasteiger charge is 2.40. The Bertz CT molecular complexity index is 1170. The molecule has 0 spiro atoms. The van der Waals surface area contributed by atoms with Gasteiger partial charge < -0.3 is 10.2 Å². The van der Waals surface area contributed by atoms with Crippen molar-refractivity contribution in [1.29, 1.82) is 0 Å². The van der Waals surface area contributed by atoms with Gasteiger partial charge in [0, 0.05) is 26.2 Å². The van der Waals surface area contributed by atoms with E-state index in [1.807, 2.05) is 30.3 Å². The Morgan fingerprint density at radius 1 is 1.06 bits per heavy atom. The van der Waals surface area contributed by atoms with Gasteiger partial charge in [0.1, 0.15) is 12.6 Å². The van der Waals surface area contributed by atoms with E-state index in [2.05, 4.69) is 10.2 Å². The van der Waals surface area contributed by atoms with Crippen LogP contribution < -0.4 is 15.1 Å². The molecule has 1 atom stereocenters. The molecule has 4 rings (SSSR count). The molecule has 1 unspecified atom stereocenters. The molecule has 2 amide bonds. The molecule has 0 bridgehead atoms. The zero-order valence-electron chi connectivity index (χ0n) is 20.4. The molecule has 2 heterocycles. The van der Waals surface area contributed by atoms with E-state index in [1.54, 1.807) is 32.0 Å². The molecule has 0 aromatic heterocycles. The maximum atomic E-state index is 13.5. The lowest BCUT2D eigenvalue weighted by molar-refractivity contribution is -0.124. The van der Waals surface area contributed by atoms with Crippen LogP contribution in [0.25, 0.3) is 0 Å². The van der Waals surface area contributed by atoms with E-state index in [0.29, 0.717) is 31.7 Å². The molecule has 2 aliphatic rings. The van der Waals surface area contributed by atoms with Crippen LogP contribution in [0.1, 0.15) is 38.7 Å². The smallest absolute Gasteiger partial charge is 0.250 e. The van der Waals surface area contributed by atoms with Crippen LogP contribution in [-0.4, -0.2) is 63.3 Å². The SMILES string of the molecule is CCN(CC)S(=O)(=O)c1ccc2c(c1)N(CC(=O)NCCc1ccccc1)C(=O)C1CCCCN21. The highest BCUT2D eigenvalue weighted by Crippen LogP contribution is 2.40. The molecule has 1 N–H and O–H groups in total. The van der Waals surface area contributed by atoms with Crippen LogP contribution in [0.4, 0.5) is 11.4 Å². The maximum Gasteiger partial charge on any atom is 0.250 e. The summed E-state index contributed by atoms with van der Waals surface area (Å²) in [5.41, 5.74) is 2.42. The van der Waals surface area contributed by atoms with Crippen molar-refractivity contribution in [3.8, 4) is 0 Å². The predicted molar refractivity (Wildman–Crippen MR) is 137 cm³/mol. The number of amides is 2. The number of rotatable bonds is 9. The molecule has 0 saturated carbocycles. The van der Waals surface area contributed by atoms with Crippen molar-refractivity contribution in [2.45, 2.75) is 50.5 Å². The van der Waals surface area contributed by atoms with Gasteiger partial charge in [-0.1, -0.05) is 44.2 Å². The average molecular weight is 499 g/mol. The maximum absolute atomic E-state index is 13.5. The molecule has 35 heavy (non-hydrogen) atoms. The van der Waals surface area contributed by atoms with Crippen molar-refractivity contribution in [1.82, 2.24) is 9.62 Å². The zero-order valence-corrected chi connectivity index (χ0v) is 21.3. The lowest BCUT2D eigenvalue weighted by atomic mass is 9.96. The molecule has 0 aliphatic carbocycles. The fourth-order valence-corrected chi connectivity index (χ4v) is 6.44. The van der Waals surface area contributed by atoms with Crippen molar-refractivity contribution in [3.05, 3.63) is 54.1 Å². The third kappa shape index (κ3) is 5.21. The number of nitrogens with one attached hydrogen (secondary N) is 1. The Balaban J connectivity index is 1.60. The number of piperidine rings is 1. The van der Waals surface area contributed by atoms with Gasteiger partial charge in [-0.25, -0.2) is 8.42 Å². The summed E-state index contributed by atoms with van der Waals surface area (Å²) < 4.78 is 27.8. The predicted octanol–water partition coefficient (Wildman–Crippen LogP) is 2.78. The van der Waals surface area contributed by atoms with E-state index in [4.69, 9.17) is 0 Å².